The van der Waals surface area contributed by atoms with E-state index in [4.69, 9.17) is 4.74 Å². The third kappa shape index (κ3) is 7.45. The van der Waals surface area contributed by atoms with E-state index in [9.17, 15) is 13.2 Å². The van der Waals surface area contributed by atoms with Gasteiger partial charge in [-0.25, -0.2) is 0 Å². The maximum Gasteiger partial charge on any atom is 0.401 e. The van der Waals surface area contributed by atoms with Crippen LogP contribution in [0.3, 0.4) is 0 Å². The molecule has 0 aliphatic heterocycles. The van der Waals surface area contributed by atoms with Crippen LogP contribution in [0, 0.1) is 5.92 Å². The van der Waals surface area contributed by atoms with Crippen molar-refractivity contribution >= 4 is 0 Å². The van der Waals surface area contributed by atoms with Crippen molar-refractivity contribution in [2.45, 2.75) is 44.9 Å². The van der Waals surface area contributed by atoms with E-state index in [-0.39, 0.29) is 6.10 Å². The summed E-state index contributed by atoms with van der Waals surface area (Å²) in [7, 11) is 1.74. The molecule has 1 N–H and O–H groups in total. The van der Waals surface area contributed by atoms with Gasteiger partial charge in [0.15, 0.2) is 0 Å². The van der Waals surface area contributed by atoms with Crippen molar-refractivity contribution < 1.29 is 17.9 Å². The summed E-state index contributed by atoms with van der Waals surface area (Å²) < 4.78 is 43.2. The first-order chi connectivity index (χ1) is 9.42. The Balaban J connectivity index is 2.29. The lowest BCUT2D eigenvalue weighted by molar-refractivity contribution is -0.148. The van der Waals surface area contributed by atoms with Crippen molar-refractivity contribution in [2.24, 2.45) is 5.92 Å². The van der Waals surface area contributed by atoms with Crippen LogP contribution < -0.4 is 5.32 Å². The Hall–Kier alpha value is -0.330. The smallest absolute Gasteiger partial charge is 0.377 e. The molecule has 6 heteroatoms. The van der Waals surface area contributed by atoms with Gasteiger partial charge in [-0.2, -0.15) is 13.2 Å². The quantitative estimate of drug-likeness (QED) is 0.745. The summed E-state index contributed by atoms with van der Waals surface area (Å²) in [5, 5.41) is 2.88. The topological polar surface area (TPSA) is 24.5 Å². The molecule has 1 rings (SSSR count). The normalized spacial score (nSPS) is 24.3. The number of hydrogen-bond donors (Lipinski definition) is 1. The first kappa shape index (κ1) is 17.7. The van der Waals surface area contributed by atoms with Crippen molar-refractivity contribution in [3.8, 4) is 0 Å². The fourth-order valence-corrected chi connectivity index (χ4v) is 2.66. The highest BCUT2D eigenvalue weighted by molar-refractivity contribution is 4.73. The van der Waals surface area contributed by atoms with Crippen LogP contribution in [0.25, 0.3) is 0 Å². The van der Waals surface area contributed by atoms with Crippen LogP contribution in [0.4, 0.5) is 13.2 Å². The Bertz CT molecular complexity index is 261. The highest BCUT2D eigenvalue weighted by Crippen LogP contribution is 2.26. The molecule has 0 amide bonds. The van der Waals surface area contributed by atoms with E-state index in [1.54, 1.807) is 7.05 Å². The fraction of sp³-hybridized carbons (Fsp3) is 1.00. The van der Waals surface area contributed by atoms with Gasteiger partial charge < -0.3 is 10.1 Å². The van der Waals surface area contributed by atoms with Gasteiger partial charge in [0.05, 0.1) is 19.3 Å². The Kier molecular flexibility index (Phi) is 7.84. The lowest BCUT2D eigenvalue weighted by atomic mass is 9.88. The number of nitrogens with one attached hydrogen (secondary N) is 1. The third-order valence-corrected chi connectivity index (χ3v) is 3.85. The average molecular weight is 296 g/mol. The summed E-state index contributed by atoms with van der Waals surface area (Å²) in [5.74, 6) is 0.525. The van der Waals surface area contributed by atoms with E-state index in [0.717, 1.165) is 12.8 Å². The molecular weight excluding hydrogens is 269 g/mol. The van der Waals surface area contributed by atoms with Gasteiger partial charge in [-0.05, 0) is 25.8 Å². The predicted molar refractivity (Wildman–Crippen MR) is 73.8 cm³/mol. The predicted octanol–water partition coefficient (Wildman–Crippen LogP) is 2.67. The highest BCUT2D eigenvalue weighted by atomic mass is 19.4. The number of rotatable bonds is 8. The lowest BCUT2D eigenvalue weighted by Gasteiger charge is -2.30. The number of nitrogens with zero attached hydrogens (tertiary/aromatic N) is 1. The summed E-state index contributed by atoms with van der Waals surface area (Å²) in [6, 6.07) is 0. The van der Waals surface area contributed by atoms with Crippen molar-refractivity contribution in [2.75, 3.05) is 39.8 Å². The first-order valence-electron chi connectivity index (χ1n) is 7.47. The minimum absolute atomic E-state index is 0.223. The van der Waals surface area contributed by atoms with Crippen molar-refractivity contribution in [3.63, 3.8) is 0 Å². The summed E-state index contributed by atoms with van der Waals surface area (Å²) in [4.78, 5) is 1.41. The van der Waals surface area contributed by atoms with Crippen LogP contribution in [-0.2, 0) is 4.74 Å². The summed E-state index contributed by atoms with van der Waals surface area (Å²) in [6.07, 6.45) is 0.685. The molecule has 0 aromatic heterocycles. The molecular formula is C14H27F3N2O. The lowest BCUT2D eigenvalue weighted by Crippen LogP contribution is -2.40. The zero-order valence-electron chi connectivity index (χ0n) is 12.5. The molecule has 0 heterocycles. The first-order valence-corrected chi connectivity index (χ1v) is 7.47. The van der Waals surface area contributed by atoms with Crippen LogP contribution >= 0.6 is 0 Å². The summed E-state index contributed by atoms with van der Waals surface area (Å²) in [6.45, 7) is 2.96. The highest BCUT2D eigenvalue weighted by Gasteiger charge is 2.30. The number of halogens is 3. The second kappa shape index (κ2) is 8.85. The van der Waals surface area contributed by atoms with Crippen LogP contribution in [0.15, 0.2) is 0 Å². The van der Waals surface area contributed by atoms with Crippen LogP contribution in [0.2, 0.25) is 0 Å². The average Bonchev–Trinajstić information content (AvgIpc) is 2.36. The molecule has 20 heavy (non-hydrogen) atoms. The molecule has 0 aromatic rings. The zero-order chi connectivity index (χ0) is 15.0. The third-order valence-electron chi connectivity index (χ3n) is 3.85. The minimum atomic E-state index is -4.15. The second-order valence-corrected chi connectivity index (χ2v) is 5.67. The standard InChI is InChI=1S/C14H27F3N2O/c1-12-5-3-4-6-13(12)20-10-9-19(8-7-18-2)11-14(15,16)17/h12-13,18H,3-11H2,1-2H3. The van der Waals surface area contributed by atoms with E-state index < -0.39 is 12.7 Å². The molecule has 0 radical (unpaired) electrons. The number of likely N-dealkylation sites (N-methyl/N-ethyl adjacent to an activating group) is 1. The Morgan fingerprint density at radius 2 is 1.90 bits per heavy atom. The molecule has 0 spiro atoms. The number of alkyl halides is 3. The number of hydrogen-bond acceptors (Lipinski definition) is 3. The molecule has 1 saturated carbocycles. The van der Waals surface area contributed by atoms with Gasteiger partial charge in [0.2, 0.25) is 0 Å². The summed E-state index contributed by atoms with van der Waals surface area (Å²) in [5.41, 5.74) is 0. The molecule has 120 valence electrons. The Labute approximate surface area is 119 Å². The Morgan fingerprint density at radius 1 is 1.20 bits per heavy atom. The SMILES string of the molecule is CNCCN(CCOC1CCCCC1C)CC(F)(F)F. The Morgan fingerprint density at radius 3 is 2.50 bits per heavy atom. The van der Waals surface area contributed by atoms with E-state index in [1.165, 1.54) is 17.7 Å². The molecule has 1 fully saturated rings. The molecule has 0 aromatic carbocycles. The fourth-order valence-electron chi connectivity index (χ4n) is 2.66. The monoisotopic (exact) mass is 296 g/mol. The van der Waals surface area contributed by atoms with Crippen molar-refractivity contribution in [1.29, 1.82) is 0 Å². The largest absolute Gasteiger partial charge is 0.401 e. The molecule has 3 nitrogen and oxygen atoms in total. The van der Waals surface area contributed by atoms with Crippen molar-refractivity contribution in [3.05, 3.63) is 0 Å². The van der Waals surface area contributed by atoms with Gasteiger partial charge in [-0.15, -0.1) is 0 Å². The van der Waals surface area contributed by atoms with Crippen molar-refractivity contribution in [1.82, 2.24) is 10.2 Å². The van der Waals surface area contributed by atoms with E-state index in [2.05, 4.69) is 12.2 Å². The maximum absolute atomic E-state index is 12.5. The van der Waals surface area contributed by atoms with Crippen LogP contribution in [-0.4, -0.2) is 57.0 Å². The zero-order valence-corrected chi connectivity index (χ0v) is 12.5. The van der Waals surface area contributed by atoms with Gasteiger partial charge in [0.25, 0.3) is 0 Å². The van der Waals surface area contributed by atoms with Gasteiger partial charge in [-0.3, -0.25) is 4.90 Å². The van der Waals surface area contributed by atoms with Crippen LogP contribution in [0.1, 0.15) is 32.6 Å². The molecule has 1 aliphatic rings. The molecule has 1 aliphatic carbocycles. The van der Waals surface area contributed by atoms with Gasteiger partial charge in [0.1, 0.15) is 0 Å². The van der Waals surface area contributed by atoms with Gasteiger partial charge in [-0.1, -0.05) is 19.8 Å². The second-order valence-electron chi connectivity index (χ2n) is 5.67. The molecule has 0 saturated heterocycles. The minimum Gasteiger partial charge on any atom is -0.377 e. The van der Waals surface area contributed by atoms with E-state index >= 15 is 0 Å². The molecule has 0 bridgehead atoms. The molecule has 2 unspecified atom stereocenters. The van der Waals surface area contributed by atoms with E-state index in [0.29, 0.717) is 32.2 Å². The molecule has 2 atom stereocenters. The summed E-state index contributed by atoms with van der Waals surface area (Å²) >= 11 is 0. The van der Waals surface area contributed by atoms with Crippen LogP contribution in [0.5, 0.6) is 0 Å². The van der Waals surface area contributed by atoms with Gasteiger partial charge in [0, 0.05) is 19.6 Å². The maximum atomic E-state index is 12.5. The van der Waals surface area contributed by atoms with E-state index in [1.807, 2.05) is 0 Å². The number of ether oxygens (including phenoxy) is 1. The van der Waals surface area contributed by atoms with Gasteiger partial charge >= 0.3 is 6.18 Å².